The first-order valence-electron chi connectivity index (χ1n) is 28.9. The van der Waals surface area contributed by atoms with E-state index in [0.717, 1.165) is 25.8 Å². The Hall–Kier alpha value is -7.49. The number of aliphatic hydroxyl groups is 5. The summed E-state index contributed by atoms with van der Waals surface area (Å²) in [6, 6.07) is -13.2. The number of amides is 10. The second kappa shape index (κ2) is 38.6. The van der Waals surface area contributed by atoms with E-state index in [1.807, 2.05) is 13.8 Å². The molecule has 17 atom stereocenters. The number of hydrogen-bond acceptors (Lipinski definition) is 18. The molecule has 0 aromatic heterocycles. The van der Waals surface area contributed by atoms with Gasteiger partial charge in [-0.25, -0.2) is 4.79 Å². The van der Waals surface area contributed by atoms with Crippen LogP contribution in [0.2, 0.25) is 0 Å². The van der Waals surface area contributed by atoms with Crippen LogP contribution in [0.3, 0.4) is 0 Å². The summed E-state index contributed by atoms with van der Waals surface area (Å²) in [6.45, 7) is 16.5. The lowest BCUT2D eigenvalue weighted by molar-refractivity contribution is -0.151. The van der Waals surface area contributed by atoms with E-state index in [4.69, 9.17) is 34.4 Å². The molecule has 0 rings (SSSR count). The monoisotopic (exact) mass is 1240 g/mol. The lowest BCUT2D eigenvalue weighted by atomic mass is 9.87. The van der Waals surface area contributed by atoms with Crippen molar-refractivity contribution in [1.29, 1.82) is 0 Å². The number of carboxylic acids is 1. The van der Waals surface area contributed by atoms with E-state index < -0.39 is 162 Å². The van der Waals surface area contributed by atoms with Gasteiger partial charge in [0.1, 0.15) is 48.4 Å². The fourth-order valence-corrected chi connectivity index (χ4v) is 9.15. The lowest BCUT2D eigenvalue weighted by Gasteiger charge is -2.33. The minimum absolute atomic E-state index is 0.0123. The molecule has 0 aromatic rings. The predicted octanol–water partition coefficient (Wildman–Crippen LogP) is -6.35. The van der Waals surface area contributed by atoms with E-state index in [2.05, 4.69) is 47.2 Å². The molecule has 0 heterocycles. The fraction of sp³-hybridized carbons (Fsp3) is 0.759. The third-order valence-corrected chi connectivity index (χ3v) is 14.5. The number of guanidine groups is 2. The number of carbonyl (C=O) groups excluding carboxylic acids is 10. The molecule has 0 aliphatic heterocycles. The molecule has 0 bridgehead atoms. The Kier molecular flexibility index (Phi) is 35.3. The van der Waals surface area contributed by atoms with Crippen LogP contribution in [0.25, 0.3) is 0 Å². The molecular weight excluding hydrogens is 1140 g/mol. The summed E-state index contributed by atoms with van der Waals surface area (Å²) in [5.74, 6) is -16.4. The van der Waals surface area contributed by atoms with Crippen LogP contribution in [-0.2, 0) is 52.7 Å². The average Bonchev–Trinajstić information content (AvgIpc) is 3.58. The number of aliphatic hydroxyl groups excluding tert-OH is 5. The third-order valence-electron chi connectivity index (χ3n) is 14.5. The Morgan fingerprint density at radius 1 is 0.483 bits per heavy atom. The maximum atomic E-state index is 14.3. The minimum atomic E-state index is -2.47. The first-order chi connectivity index (χ1) is 40.2. The number of likely N-dealkylation sites (N-methyl/N-ethyl adjacent to an activating group) is 1. The Balaban J connectivity index is 7.00. The second-order valence-corrected chi connectivity index (χ2v) is 23.1. The number of aliphatic carboxylic acids is 1. The minimum Gasteiger partial charge on any atom is -0.480 e. The first-order valence-corrected chi connectivity index (χ1v) is 28.9. The summed E-state index contributed by atoms with van der Waals surface area (Å²) in [5, 5.41) is 82.1. The average molecular weight is 1250 g/mol. The summed E-state index contributed by atoms with van der Waals surface area (Å²) in [4.78, 5) is 156. The van der Waals surface area contributed by atoms with Crippen molar-refractivity contribution in [1.82, 2.24) is 42.1 Å². The van der Waals surface area contributed by atoms with Gasteiger partial charge in [-0.2, -0.15) is 0 Å². The molecule has 3 unspecified atom stereocenters. The number of nitrogens with one attached hydrogen (secondary N) is 7. The van der Waals surface area contributed by atoms with Crippen molar-refractivity contribution in [2.24, 2.45) is 79.9 Å². The van der Waals surface area contributed by atoms with Crippen LogP contribution in [0.5, 0.6) is 0 Å². The molecule has 87 heavy (non-hydrogen) atoms. The van der Waals surface area contributed by atoms with Crippen molar-refractivity contribution in [3.8, 4) is 0 Å². The van der Waals surface area contributed by atoms with E-state index in [1.165, 1.54) is 27.7 Å². The van der Waals surface area contributed by atoms with Gasteiger partial charge in [-0.05, 0) is 89.4 Å². The SMILES string of the molecule is CC(C)C[C@H](NC(=O)[C@@H](CCCN=C(N)N)NC(=O)C(NC(=O)C(NC(=O)C(NC(=O)[C@H](O)[C@H](O)[C@H](CCCN=C(N)N)NC(=O)[C@@H](C)NC(=O)[C@H](C)[C@H](O)[C@H](C)CC(C)C)[C@@H](C)[C@@H](C)C(N)=O)[C@@H](C)O)[C@@H](C)O)C(=O)N(C)[C@@H](CCC(N)=O)C(=O)O. The van der Waals surface area contributed by atoms with Gasteiger partial charge in [-0.15, -0.1) is 0 Å². The molecule has 0 spiro atoms. The van der Waals surface area contributed by atoms with E-state index in [9.17, 15) is 83.4 Å². The molecule has 33 heteroatoms. The van der Waals surface area contributed by atoms with Crippen LogP contribution < -0.4 is 71.6 Å². The number of rotatable bonds is 41. The maximum absolute atomic E-state index is 14.3. The molecule has 25 N–H and O–H groups in total. The third kappa shape index (κ3) is 28.3. The molecule has 0 saturated heterocycles. The van der Waals surface area contributed by atoms with Crippen LogP contribution in [0.1, 0.15) is 128 Å². The van der Waals surface area contributed by atoms with Crippen LogP contribution in [0.15, 0.2) is 9.98 Å². The zero-order chi connectivity index (χ0) is 67.5. The van der Waals surface area contributed by atoms with Gasteiger partial charge in [-0.3, -0.25) is 57.9 Å². The van der Waals surface area contributed by atoms with Gasteiger partial charge in [0.05, 0.1) is 30.3 Å². The summed E-state index contributed by atoms with van der Waals surface area (Å²) < 4.78 is 0. The highest BCUT2D eigenvalue weighted by Gasteiger charge is 2.42. The van der Waals surface area contributed by atoms with E-state index in [1.54, 1.807) is 20.8 Å². The zero-order valence-corrected chi connectivity index (χ0v) is 52.0. The van der Waals surface area contributed by atoms with Gasteiger partial charge in [0.2, 0.25) is 53.2 Å². The topological polar surface area (TPSA) is 577 Å². The molecule has 0 aliphatic rings. The molecule has 0 radical (unpaired) electrons. The van der Waals surface area contributed by atoms with Gasteiger partial charge in [0, 0.05) is 32.5 Å². The summed E-state index contributed by atoms with van der Waals surface area (Å²) in [5.41, 5.74) is 32.6. The van der Waals surface area contributed by atoms with Crippen LogP contribution in [-0.4, -0.2) is 211 Å². The smallest absolute Gasteiger partial charge is 0.326 e. The van der Waals surface area contributed by atoms with Crippen molar-refractivity contribution < 1.29 is 83.4 Å². The van der Waals surface area contributed by atoms with Crippen molar-refractivity contribution in [3.05, 3.63) is 0 Å². The molecule has 0 fully saturated rings. The molecule has 0 aliphatic carbocycles. The molecule has 0 aromatic carbocycles. The molecule has 33 nitrogen and oxygen atoms in total. The van der Waals surface area contributed by atoms with Gasteiger partial charge < -0.3 is 107 Å². The predicted molar refractivity (Wildman–Crippen MR) is 318 cm³/mol. The van der Waals surface area contributed by atoms with Gasteiger partial charge in [-0.1, -0.05) is 55.4 Å². The maximum Gasteiger partial charge on any atom is 0.326 e. The highest BCUT2D eigenvalue weighted by molar-refractivity contribution is 5.98. The van der Waals surface area contributed by atoms with E-state index in [-0.39, 0.29) is 87.7 Å². The molecule has 0 saturated carbocycles. The second-order valence-electron chi connectivity index (χ2n) is 23.1. The standard InChI is InChI=1S/C54H100N16O17/c1-23(2)21-25(5)40(74)28(8)44(78)63-29(9)45(79)64-32(15-13-19-61-53(57)58)41(75)42(76)50(84)67-37(26(6)27(7)43(56)77)47(81)68-39(31(11)72)49(83)69-38(30(10)71)48(82)65-33(16-14-20-62-54(59)60)46(80)66-34(22-24(3)4)51(85)70(12)35(52(86)87)17-18-36(55)73/h23-35,37-42,71-72,74-76H,13-22H2,1-12H3,(H2,55,73)(H2,56,77)(H,63,78)(H,64,79)(H,65,82)(H,66,80)(H,67,84)(H,68,81)(H,69,83)(H,86,87)(H4,57,58,61)(H4,59,60,62)/t25-,26+,27-,28-,29-,30-,31-,32+,33-,34+,35+,37?,38?,39?,40-,41-,42-/m1/s1. The van der Waals surface area contributed by atoms with E-state index in [0.29, 0.717) is 6.42 Å². The fourth-order valence-electron chi connectivity index (χ4n) is 9.15. The van der Waals surface area contributed by atoms with Crippen molar-refractivity contribution in [2.75, 3.05) is 20.1 Å². The van der Waals surface area contributed by atoms with Crippen LogP contribution >= 0.6 is 0 Å². The highest BCUT2D eigenvalue weighted by atomic mass is 16.4. The van der Waals surface area contributed by atoms with Gasteiger partial charge >= 0.3 is 5.97 Å². The number of primary amides is 2. The lowest BCUT2D eigenvalue weighted by Crippen LogP contribution is -2.64. The Morgan fingerprint density at radius 3 is 1.39 bits per heavy atom. The van der Waals surface area contributed by atoms with Crippen LogP contribution in [0.4, 0.5) is 0 Å². The normalized spacial score (nSPS) is 17.3. The number of nitrogens with two attached hydrogens (primary N) is 6. The van der Waals surface area contributed by atoms with Gasteiger partial charge in [0.15, 0.2) is 18.0 Å². The van der Waals surface area contributed by atoms with E-state index >= 15 is 0 Å². The zero-order valence-electron chi connectivity index (χ0n) is 52.0. The molecular formula is C54H100N16O17. The Morgan fingerprint density at radius 2 is 0.943 bits per heavy atom. The summed E-state index contributed by atoms with van der Waals surface area (Å²) >= 11 is 0. The van der Waals surface area contributed by atoms with Crippen LogP contribution in [0, 0.1) is 35.5 Å². The number of carbonyl (C=O) groups is 11. The number of carboxylic acid groups (broad SMARTS) is 1. The first kappa shape index (κ1) is 79.5. The number of hydrogen-bond donors (Lipinski definition) is 19. The summed E-state index contributed by atoms with van der Waals surface area (Å²) in [7, 11) is 1.16. The van der Waals surface area contributed by atoms with Gasteiger partial charge in [0.25, 0.3) is 5.91 Å². The molecule has 10 amide bonds. The number of aliphatic imine (C=N–C) groups is 2. The van der Waals surface area contributed by atoms with Crippen molar-refractivity contribution in [3.63, 3.8) is 0 Å². The molecule has 498 valence electrons. The number of nitrogens with zero attached hydrogens (tertiary/aromatic N) is 3. The largest absolute Gasteiger partial charge is 0.480 e. The van der Waals surface area contributed by atoms with Crippen molar-refractivity contribution >= 4 is 77.0 Å². The Bertz CT molecular complexity index is 2370. The quantitative estimate of drug-likeness (QED) is 0.0154. The Labute approximate surface area is 507 Å². The summed E-state index contributed by atoms with van der Waals surface area (Å²) in [6.07, 6.45) is -9.88. The van der Waals surface area contributed by atoms with Crippen molar-refractivity contribution in [2.45, 2.75) is 206 Å². The highest BCUT2D eigenvalue weighted by Crippen LogP contribution is 2.22.